The molecule has 0 aliphatic carbocycles. The van der Waals surface area contributed by atoms with Gasteiger partial charge in [0.2, 0.25) is 0 Å². The smallest absolute Gasteiger partial charge is 0.0562 e. The van der Waals surface area contributed by atoms with Crippen molar-refractivity contribution in [2.75, 3.05) is 4.90 Å². The SMILES string of the molecule is c1ccc(-c2ccc(-c3ccc(N(c4ccccc4)c4cccc5c4c4ccccc4n5-c4ccccc4)cc3-c3ccccc3)cc2)cc1. The summed E-state index contributed by atoms with van der Waals surface area (Å²) < 4.78 is 2.38. The molecule has 0 amide bonds. The van der Waals surface area contributed by atoms with E-state index in [9.17, 15) is 0 Å². The fraction of sp³-hybridized carbons (Fsp3) is 0. The van der Waals surface area contributed by atoms with E-state index in [1.807, 2.05) is 0 Å². The second-order valence-electron chi connectivity index (χ2n) is 12.6. The van der Waals surface area contributed by atoms with E-state index in [1.54, 1.807) is 0 Å². The number of para-hydroxylation sites is 3. The third-order valence-electron chi connectivity index (χ3n) is 9.59. The van der Waals surface area contributed by atoms with Crippen LogP contribution in [0.15, 0.2) is 206 Å². The van der Waals surface area contributed by atoms with Gasteiger partial charge in [0.15, 0.2) is 0 Å². The van der Waals surface area contributed by atoms with E-state index in [1.165, 1.54) is 55.2 Å². The van der Waals surface area contributed by atoms with Crippen LogP contribution in [-0.4, -0.2) is 4.57 Å². The Morgan fingerprint density at radius 3 is 1.60 bits per heavy atom. The van der Waals surface area contributed by atoms with Crippen LogP contribution in [0.2, 0.25) is 0 Å². The number of fused-ring (bicyclic) bond motifs is 3. The van der Waals surface area contributed by atoms with Crippen LogP contribution in [0.1, 0.15) is 0 Å². The van der Waals surface area contributed by atoms with Crippen molar-refractivity contribution >= 4 is 38.9 Å². The van der Waals surface area contributed by atoms with Crippen molar-refractivity contribution in [3.63, 3.8) is 0 Å². The van der Waals surface area contributed by atoms with E-state index >= 15 is 0 Å². The van der Waals surface area contributed by atoms with Gasteiger partial charge in [0, 0.05) is 27.8 Å². The minimum Gasteiger partial charge on any atom is -0.310 e. The summed E-state index contributed by atoms with van der Waals surface area (Å²) in [7, 11) is 0. The molecule has 0 aliphatic heterocycles. The van der Waals surface area contributed by atoms with E-state index < -0.39 is 0 Å². The van der Waals surface area contributed by atoms with Crippen molar-refractivity contribution < 1.29 is 0 Å². The third kappa shape index (κ3) is 5.24. The quantitative estimate of drug-likeness (QED) is 0.169. The van der Waals surface area contributed by atoms with Crippen LogP contribution in [0.4, 0.5) is 17.1 Å². The van der Waals surface area contributed by atoms with Crippen molar-refractivity contribution in [1.82, 2.24) is 4.57 Å². The third-order valence-corrected chi connectivity index (χ3v) is 9.59. The molecule has 0 fully saturated rings. The molecule has 2 heteroatoms. The molecule has 0 spiro atoms. The maximum absolute atomic E-state index is 2.42. The molecule has 1 heterocycles. The van der Waals surface area contributed by atoms with Crippen molar-refractivity contribution in [1.29, 1.82) is 0 Å². The van der Waals surface area contributed by atoms with Gasteiger partial charge >= 0.3 is 0 Å². The van der Waals surface area contributed by atoms with Crippen LogP contribution in [0, 0.1) is 0 Å². The molecule has 50 heavy (non-hydrogen) atoms. The van der Waals surface area contributed by atoms with Crippen molar-refractivity contribution in [2.45, 2.75) is 0 Å². The lowest BCUT2D eigenvalue weighted by atomic mass is 9.92. The standard InChI is InChI=1S/C48H34N2/c1-5-16-35(17-6-1)36-28-30-38(31-29-36)42-33-32-41(34-44(42)37-18-7-2-8-19-37)49(39-20-9-3-10-21-39)46-26-15-27-47-48(46)43-24-13-14-25-45(43)50(47)40-22-11-4-12-23-40/h1-34H. The zero-order chi connectivity index (χ0) is 33.3. The highest BCUT2D eigenvalue weighted by Crippen LogP contribution is 2.45. The molecular weight excluding hydrogens is 605 g/mol. The Balaban J connectivity index is 1.26. The highest BCUT2D eigenvalue weighted by atomic mass is 15.1. The van der Waals surface area contributed by atoms with Gasteiger partial charge in [-0.2, -0.15) is 0 Å². The zero-order valence-electron chi connectivity index (χ0n) is 27.5. The highest BCUT2D eigenvalue weighted by Gasteiger charge is 2.22. The first kappa shape index (κ1) is 29.5. The molecule has 0 N–H and O–H groups in total. The van der Waals surface area contributed by atoms with Crippen LogP contribution < -0.4 is 4.90 Å². The summed E-state index contributed by atoms with van der Waals surface area (Å²) in [5.41, 5.74) is 14.1. The summed E-state index contributed by atoms with van der Waals surface area (Å²) in [6, 6.07) is 74.0. The topological polar surface area (TPSA) is 8.17 Å². The molecule has 0 bridgehead atoms. The molecule has 0 atom stereocenters. The van der Waals surface area contributed by atoms with Crippen LogP contribution >= 0.6 is 0 Å². The average Bonchev–Trinajstić information content (AvgIpc) is 3.55. The van der Waals surface area contributed by atoms with E-state index in [-0.39, 0.29) is 0 Å². The second-order valence-corrected chi connectivity index (χ2v) is 12.6. The Morgan fingerprint density at radius 1 is 0.340 bits per heavy atom. The Morgan fingerprint density at radius 2 is 0.880 bits per heavy atom. The average molecular weight is 639 g/mol. The molecule has 1 aromatic heterocycles. The Hall–Kier alpha value is -6.64. The van der Waals surface area contributed by atoms with Crippen molar-refractivity contribution in [3.05, 3.63) is 206 Å². The van der Waals surface area contributed by atoms with Gasteiger partial charge in [-0.05, 0) is 88.0 Å². The molecular formula is C48H34N2. The van der Waals surface area contributed by atoms with Crippen molar-refractivity contribution in [2.24, 2.45) is 0 Å². The normalized spacial score (nSPS) is 11.2. The Bertz CT molecular complexity index is 2550. The maximum Gasteiger partial charge on any atom is 0.0562 e. The maximum atomic E-state index is 2.42. The number of rotatable bonds is 7. The lowest BCUT2D eigenvalue weighted by Crippen LogP contribution is -2.10. The number of aromatic nitrogens is 1. The minimum atomic E-state index is 1.10. The molecule has 8 aromatic carbocycles. The Kier molecular flexibility index (Phi) is 7.53. The van der Waals surface area contributed by atoms with Crippen LogP contribution in [0.25, 0.3) is 60.9 Å². The van der Waals surface area contributed by atoms with Gasteiger partial charge in [-0.3, -0.25) is 0 Å². The summed E-state index contributed by atoms with van der Waals surface area (Å²) in [5.74, 6) is 0. The van der Waals surface area contributed by atoms with E-state index in [4.69, 9.17) is 0 Å². The molecule has 9 aromatic rings. The molecule has 0 saturated heterocycles. The number of benzene rings is 8. The Labute approximate surface area is 292 Å². The first-order valence-electron chi connectivity index (χ1n) is 17.1. The van der Waals surface area contributed by atoms with Gasteiger partial charge in [0.05, 0.1) is 16.7 Å². The van der Waals surface area contributed by atoms with E-state index in [0.29, 0.717) is 0 Å². The lowest BCUT2D eigenvalue weighted by molar-refractivity contribution is 1.18. The second kappa shape index (κ2) is 12.8. The van der Waals surface area contributed by atoms with E-state index in [2.05, 4.69) is 216 Å². The summed E-state index contributed by atoms with van der Waals surface area (Å²) in [4.78, 5) is 2.42. The summed E-state index contributed by atoms with van der Waals surface area (Å²) in [6.45, 7) is 0. The number of hydrogen-bond acceptors (Lipinski definition) is 1. The van der Waals surface area contributed by atoms with Gasteiger partial charge in [0.1, 0.15) is 0 Å². The predicted molar refractivity (Wildman–Crippen MR) is 212 cm³/mol. The largest absolute Gasteiger partial charge is 0.310 e. The minimum absolute atomic E-state index is 1.10. The highest BCUT2D eigenvalue weighted by molar-refractivity contribution is 6.16. The fourth-order valence-electron chi connectivity index (χ4n) is 7.30. The van der Waals surface area contributed by atoms with Gasteiger partial charge in [-0.1, -0.05) is 152 Å². The van der Waals surface area contributed by atoms with Crippen LogP contribution in [0.3, 0.4) is 0 Å². The molecule has 0 radical (unpaired) electrons. The molecule has 0 saturated carbocycles. The van der Waals surface area contributed by atoms with E-state index in [0.717, 1.165) is 22.7 Å². The monoisotopic (exact) mass is 638 g/mol. The summed E-state index contributed by atoms with van der Waals surface area (Å²) >= 11 is 0. The number of nitrogens with zero attached hydrogens (tertiary/aromatic N) is 2. The lowest BCUT2D eigenvalue weighted by Gasteiger charge is -2.27. The fourth-order valence-corrected chi connectivity index (χ4v) is 7.30. The number of anilines is 3. The van der Waals surface area contributed by atoms with Crippen LogP contribution in [-0.2, 0) is 0 Å². The number of hydrogen-bond donors (Lipinski definition) is 0. The molecule has 0 unspecified atom stereocenters. The summed E-state index contributed by atoms with van der Waals surface area (Å²) in [5, 5.41) is 2.44. The summed E-state index contributed by atoms with van der Waals surface area (Å²) in [6.07, 6.45) is 0. The van der Waals surface area contributed by atoms with Gasteiger partial charge in [-0.15, -0.1) is 0 Å². The van der Waals surface area contributed by atoms with Gasteiger partial charge in [-0.25, -0.2) is 0 Å². The molecule has 9 rings (SSSR count). The predicted octanol–water partition coefficient (Wildman–Crippen LogP) is 13.3. The first-order valence-corrected chi connectivity index (χ1v) is 17.1. The molecule has 2 nitrogen and oxygen atoms in total. The first-order chi connectivity index (χ1) is 24.8. The van der Waals surface area contributed by atoms with Gasteiger partial charge in [0.25, 0.3) is 0 Å². The molecule has 0 aliphatic rings. The molecule has 236 valence electrons. The van der Waals surface area contributed by atoms with Gasteiger partial charge < -0.3 is 9.47 Å². The zero-order valence-corrected chi connectivity index (χ0v) is 27.5. The van der Waals surface area contributed by atoms with Crippen molar-refractivity contribution in [3.8, 4) is 39.1 Å². The van der Waals surface area contributed by atoms with Crippen LogP contribution in [0.5, 0.6) is 0 Å².